The van der Waals surface area contributed by atoms with Gasteiger partial charge in [-0.15, -0.1) is 0 Å². The third-order valence-corrected chi connectivity index (χ3v) is 4.89. The molecule has 0 saturated heterocycles. The van der Waals surface area contributed by atoms with E-state index in [1.54, 1.807) is 0 Å². The summed E-state index contributed by atoms with van der Waals surface area (Å²) in [7, 11) is 0. The number of Topliss-reactive ketones (excluding diaryl/α,β-unsaturated/α-hetero) is 1. The molecule has 0 heterocycles. The van der Waals surface area contributed by atoms with E-state index in [4.69, 9.17) is 0 Å². The van der Waals surface area contributed by atoms with Crippen molar-refractivity contribution in [3.63, 3.8) is 0 Å². The van der Waals surface area contributed by atoms with Crippen molar-refractivity contribution in [2.75, 3.05) is 0 Å². The lowest BCUT2D eigenvalue weighted by atomic mass is 9.58. The van der Waals surface area contributed by atoms with E-state index in [9.17, 15) is 9.90 Å². The van der Waals surface area contributed by atoms with Gasteiger partial charge >= 0.3 is 0 Å². The van der Waals surface area contributed by atoms with Gasteiger partial charge in [-0.2, -0.15) is 0 Å². The lowest BCUT2D eigenvalue weighted by Gasteiger charge is -2.49. The summed E-state index contributed by atoms with van der Waals surface area (Å²) >= 11 is 0. The van der Waals surface area contributed by atoms with E-state index in [1.165, 1.54) is 0 Å². The van der Waals surface area contributed by atoms with Gasteiger partial charge in [0, 0.05) is 12.3 Å². The monoisotopic (exact) mass is 236 g/mol. The summed E-state index contributed by atoms with van der Waals surface area (Å²) in [6.07, 6.45) is 4.57. The summed E-state index contributed by atoms with van der Waals surface area (Å²) in [5.74, 6) is 1.96. The molecule has 2 heteroatoms. The molecule has 4 unspecified atom stereocenters. The maximum atomic E-state index is 11.8. The minimum absolute atomic E-state index is 0.125. The van der Waals surface area contributed by atoms with E-state index < -0.39 is 5.60 Å². The van der Waals surface area contributed by atoms with Gasteiger partial charge in [0.15, 0.2) is 5.78 Å². The van der Waals surface area contributed by atoms with Crippen molar-refractivity contribution in [3.8, 4) is 0 Å². The zero-order chi connectivity index (χ0) is 12.8. The Bertz CT molecular complexity index is 352. The first-order valence-electron chi connectivity index (χ1n) is 6.77. The number of fused-ring (bicyclic) bond motifs is 1. The number of carbonyl (C=O) groups excluding carboxylic acids is 1. The molecular weight excluding hydrogens is 212 g/mol. The second-order valence-electron chi connectivity index (χ2n) is 6.46. The van der Waals surface area contributed by atoms with Crippen LogP contribution in [0.15, 0.2) is 11.6 Å². The van der Waals surface area contributed by atoms with Crippen LogP contribution in [-0.4, -0.2) is 16.5 Å². The Kier molecular flexibility index (Phi) is 3.19. The number of allylic oxidation sites excluding steroid dienone is 2. The summed E-state index contributed by atoms with van der Waals surface area (Å²) in [4.78, 5) is 11.8. The van der Waals surface area contributed by atoms with Crippen molar-refractivity contribution >= 4 is 5.78 Å². The molecule has 2 aliphatic carbocycles. The smallest absolute Gasteiger partial charge is 0.158 e. The van der Waals surface area contributed by atoms with Crippen LogP contribution in [0.5, 0.6) is 0 Å². The van der Waals surface area contributed by atoms with Gasteiger partial charge in [0.2, 0.25) is 0 Å². The van der Waals surface area contributed by atoms with E-state index in [1.807, 2.05) is 13.8 Å². The lowest BCUT2D eigenvalue weighted by molar-refractivity contribution is -0.126. The molecule has 0 aromatic heterocycles. The Hall–Kier alpha value is -0.630. The molecule has 4 atom stereocenters. The van der Waals surface area contributed by atoms with Crippen LogP contribution in [-0.2, 0) is 4.79 Å². The third kappa shape index (κ3) is 2.20. The standard InChI is InChI=1S/C15H24O2/c1-9(2)11-5-6-15(4,17)13-8-14(16)10(3)7-12(11)13/h7,9,11-13,17H,5-6,8H2,1-4H3. The highest BCUT2D eigenvalue weighted by molar-refractivity contribution is 5.95. The van der Waals surface area contributed by atoms with E-state index in [2.05, 4.69) is 19.9 Å². The topological polar surface area (TPSA) is 37.3 Å². The van der Waals surface area contributed by atoms with Crippen LogP contribution in [0, 0.1) is 23.7 Å². The summed E-state index contributed by atoms with van der Waals surface area (Å²) in [6, 6.07) is 0. The van der Waals surface area contributed by atoms with Gasteiger partial charge < -0.3 is 5.11 Å². The Morgan fingerprint density at radius 1 is 1.47 bits per heavy atom. The number of carbonyl (C=O) groups is 1. The molecule has 0 amide bonds. The van der Waals surface area contributed by atoms with E-state index in [-0.39, 0.29) is 11.7 Å². The fourth-order valence-corrected chi connectivity index (χ4v) is 3.67. The Labute approximate surface area is 104 Å². The number of hydrogen-bond acceptors (Lipinski definition) is 2. The van der Waals surface area contributed by atoms with Crippen LogP contribution in [0.25, 0.3) is 0 Å². The van der Waals surface area contributed by atoms with Gasteiger partial charge in [0.05, 0.1) is 5.60 Å². The highest BCUT2D eigenvalue weighted by Crippen LogP contribution is 2.48. The fraction of sp³-hybridized carbons (Fsp3) is 0.800. The zero-order valence-corrected chi connectivity index (χ0v) is 11.4. The van der Waals surface area contributed by atoms with Crippen LogP contribution in [0.4, 0.5) is 0 Å². The van der Waals surface area contributed by atoms with E-state index in [0.717, 1.165) is 18.4 Å². The van der Waals surface area contributed by atoms with Crippen LogP contribution >= 0.6 is 0 Å². The van der Waals surface area contributed by atoms with Crippen LogP contribution in [0.3, 0.4) is 0 Å². The number of rotatable bonds is 1. The van der Waals surface area contributed by atoms with Gasteiger partial charge in [-0.05, 0) is 50.0 Å². The molecule has 0 spiro atoms. The van der Waals surface area contributed by atoms with Crippen molar-refractivity contribution in [3.05, 3.63) is 11.6 Å². The molecule has 17 heavy (non-hydrogen) atoms. The molecule has 0 radical (unpaired) electrons. The first-order valence-corrected chi connectivity index (χ1v) is 6.77. The zero-order valence-electron chi connectivity index (χ0n) is 11.4. The van der Waals surface area contributed by atoms with Crippen LogP contribution < -0.4 is 0 Å². The normalized spacial score (nSPS) is 42.4. The molecule has 1 N–H and O–H groups in total. The molecule has 2 aliphatic rings. The number of hydrogen-bond donors (Lipinski definition) is 1. The predicted molar refractivity (Wildman–Crippen MR) is 68.5 cm³/mol. The number of ketones is 1. The van der Waals surface area contributed by atoms with Gasteiger partial charge in [-0.3, -0.25) is 4.79 Å². The molecule has 1 saturated carbocycles. The van der Waals surface area contributed by atoms with Crippen molar-refractivity contribution in [2.24, 2.45) is 23.7 Å². The van der Waals surface area contributed by atoms with Crippen LogP contribution in [0.2, 0.25) is 0 Å². The SMILES string of the molecule is CC1=CC2C(C(C)C)CCC(C)(O)C2CC1=O. The van der Waals surface area contributed by atoms with Crippen molar-refractivity contribution in [2.45, 2.75) is 52.6 Å². The van der Waals surface area contributed by atoms with E-state index >= 15 is 0 Å². The molecule has 96 valence electrons. The first kappa shape index (κ1) is 12.8. The van der Waals surface area contributed by atoms with Gasteiger partial charge in [-0.1, -0.05) is 19.9 Å². The van der Waals surface area contributed by atoms with Gasteiger partial charge in [-0.25, -0.2) is 0 Å². The van der Waals surface area contributed by atoms with Gasteiger partial charge in [0.1, 0.15) is 0 Å². The molecule has 0 aromatic rings. The molecular formula is C15H24O2. The van der Waals surface area contributed by atoms with Crippen molar-refractivity contribution < 1.29 is 9.90 Å². The van der Waals surface area contributed by atoms with Crippen LogP contribution in [0.1, 0.15) is 47.0 Å². The summed E-state index contributed by atoms with van der Waals surface area (Å²) < 4.78 is 0. The third-order valence-electron chi connectivity index (χ3n) is 4.89. The highest BCUT2D eigenvalue weighted by atomic mass is 16.3. The summed E-state index contributed by atoms with van der Waals surface area (Å²) in [6.45, 7) is 8.32. The van der Waals surface area contributed by atoms with Crippen molar-refractivity contribution in [1.29, 1.82) is 0 Å². The average molecular weight is 236 g/mol. The maximum absolute atomic E-state index is 11.8. The minimum Gasteiger partial charge on any atom is -0.390 e. The lowest BCUT2D eigenvalue weighted by Crippen LogP contribution is -2.49. The van der Waals surface area contributed by atoms with Gasteiger partial charge in [0.25, 0.3) is 0 Å². The molecule has 2 nitrogen and oxygen atoms in total. The second kappa shape index (κ2) is 4.24. The predicted octanol–water partition coefficient (Wildman–Crippen LogP) is 2.95. The average Bonchev–Trinajstić information content (AvgIpc) is 2.20. The Balaban J connectivity index is 2.35. The van der Waals surface area contributed by atoms with E-state index in [0.29, 0.717) is 24.2 Å². The fourth-order valence-electron chi connectivity index (χ4n) is 3.67. The quantitative estimate of drug-likeness (QED) is 0.760. The van der Waals surface area contributed by atoms with Crippen molar-refractivity contribution in [1.82, 2.24) is 0 Å². The number of aliphatic hydroxyl groups is 1. The summed E-state index contributed by atoms with van der Waals surface area (Å²) in [5.41, 5.74) is 0.234. The molecule has 1 fully saturated rings. The minimum atomic E-state index is -0.664. The second-order valence-corrected chi connectivity index (χ2v) is 6.46. The molecule has 0 bridgehead atoms. The first-order chi connectivity index (χ1) is 7.83. The Morgan fingerprint density at radius 2 is 2.12 bits per heavy atom. The molecule has 2 rings (SSSR count). The largest absolute Gasteiger partial charge is 0.390 e. The highest BCUT2D eigenvalue weighted by Gasteiger charge is 2.47. The maximum Gasteiger partial charge on any atom is 0.158 e. The summed E-state index contributed by atoms with van der Waals surface area (Å²) in [5, 5.41) is 10.5. The molecule has 0 aliphatic heterocycles. The Morgan fingerprint density at radius 3 is 2.71 bits per heavy atom. The molecule has 0 aromatic carbocycles.